The molecule has 0 bridgehead atoms. The van der Waals surface area contributed by atoms with Crippen LogP contribution in [-0.4, -0.2) is 25.5 Å². The van der Waals surface area contributed by atoms with Gasteiger partial charge in [0.05, 0.1) is 17.7 Å². The number of hydrogen-bond donors (Lipinski definition) is 0. The Morgan fingerprint density at radius 2 is 1.95 bits per heavy atom. The average Bonchev–Trinajstić information content (AvgIpc) is 2.37. The van der Waals surface area contributed by atoms with Gasteiger partial charge in [-0.2, -0.15) is 18.4 Å². The number of halogens is 3. The lowest BCUT2D eigenvalue weighted by Crippen LogP contribution is -2.35. The van der Waals surface area contributed by atoms with Crippen LogP contribution in [0.5, 0.6) is 0 Å². The lowest BCUT2D eigenvalue weighted by atomic mass is 10.0. The fourth-order valence-corrected chi connectivity index (χ4v) is 2.11. The van der Waals surface area contributed by atoms with Crippen LogP contribution < -0.4 is 0 Å². The molecule has 1 heterocycles. The number of rotatable bonds is 1. The first-order valence-electron chi connectivity index (χ1n) is 6.30. The van der Waals surface area contributed by atoms with Crippen LogP contribution in [0.3, 0.4) is 0 Å². The van der Waals surface area contributed by atoms with Crippen molar-refractivity contribution >= 4 is 0 Å². The number of hydrogen-bond acceptors (Lipinski definition) is 3. The third-order valence-electron chi connectivity index (χ3n) is 3.11. The van der Waals surface area contributed by atoms with E-state index >= 15 is 0 Å². The second kappa shape index (κ2) is 6.25. The molecule has 1 fully saturated rings. The van der Waals surface area contributed by atoms with Gasteiger partial charge in [0.1, 0.15) is 0 Å². The van der Waals surface area contributed by atoms with E-state index in [9.17, 15) is 13.2 Å². The Balaban J connectivity index is 2.21. The summed E-state index contributed by atoms with van der Waals surface area (Å²) in [6.07, 6.45) is -6.83. The molecule has 6 heteroatoms. The standard InChI is InChI=1S/C14H14F3NO2/c15-14(16,17)13-8-12(19-5-2-6-20-13)11-4-1-3-10(7-11)9-18/h1,3-4,7,12-13H,2,5-6,8H2. The van der Waals surface area contributed by atoms with Crippen LogP contribution in [0.1, 0.15) is 30.1 Å². The average molecular weight is 285 g/mol. The molecule has 1 aromatic rings. The molecule has 0 saturated carbocycles. The number of alkyl halides is 3. The van der Waals surface area contributed by atoms with Crippen LogP contribution in [0.15, 0.2) is 24.3 Å². The molecular weight excluding hydrogens is 271 g/mol. The van der Waals surface area contributed by atoms with Gasteiger partial charge in [0.15, 0.2) is 6.10 Å². The Labute approximate surface area is 114 Å². The predicted octanol–water partition coefficient (Wildman–Crippen LogP) is 3.36. The van der Waals surface area contributed by atoms with Gasteiger partial charge in [0.25, 0.3) is 0 Å². The fraction of sp³-hybridized carbons (Fsp3) is 0.500. The highest BCUT2D eigenvalue weighted by atomic mass is 19.4. The Kier molecular flexibility index (Phi) is 4.63. The van der Waals surface area contributed by atoms with E-state index in [4.69, 9.17) is 14.7 Å². The molecule has 2 unspecified atom stereocenters. The van der Waals surface area contributed by atoms with Crippen LogP contribution in [0, 0.1) is 11.3 Å². The van der Waals surface area contributed by atoms with Gasteiger partial charge in [0.2, 0.25) is 0 Å². The van der Waals surface area contributed by atoms with E-state index in [0.717, 1.165) is 0 Å². The molecule has 2 rings (SSSR count). The van der Waals surface area contributed by atoms with Crippen molar-refractivity contribution in [1.29, 1.82) is 5.26 Å². The topological polar surface area (TPSA) is 42.2 Å². The summed E-state index contributed by atoms with van der Waals surface area (Å²) < 4.78 is 49.0. The lowest BCUT2D eigenvalue weighted by molar-refractivity contribution is -0.235. The lowest BCUT2D eigenvalue weighted by Gasteiger charge is -2.28. The molecule has 108 valence electrons. The molecule has 1 aliphatic heterocycles. The summed E-state index contributed by atoms with van der Waals surface area (Å²) in [4.78, 5) is 0. The van der Waals surface area contributed by atoms with E-state index in [-0.39, 0.29) is 13.0 Å². The van der Waals surface area contributed by atoms with E-state index in [1.54, 1.807) is 24.3 Å². The van der Waals surface area contributed by atoms with Crippen LogP contribution in [0.2, 0.25) is 0 Å². The maximum atomic E-state index is 12.9. The van der Waals surface area contributed by atoms with Crippen LogP contribution >= 0.6 is 0 Å². The van der Waals surface area contributed by atoms with E-state index < -0.39 is 18.4 Å². The van der Waals surface area contributed by atoms with Crippen molar-refractivity contribution < 1.29 is 22.6 Å². The summed E-state index contributed by atoms with van der Waals surface area (Å²) in [5, 5.41) is 8.85. The fourth-order valence-electron chi connectivity index (χ4n) is 2.11. The Morgan fingerprint density at radius 3 is 2.65 bits per heavy atom. The molecule has 0 spiro atoms. The van der Waals surface area contributed by atoms with Crippen molar-refractivity contribution in [2.75, 3.05) is 13.2 Å². The van der Waals surface area contributed by atoms with Gasteiger partial charge in [-0.25, -0.2) is 0 Å². The molecule has 0 aliphatic carbocycles. The maximum absolute atomic E-state index is 12.9. The predicted molar refractivity (Wildman–Crippen MR) is 64.9 cm³/mol. The Bertz CT molecular complexity index is 496. The third-order valence-corrected chi connectivity index (χ3v) is 3.11. The molecule has 1 saturated heterocycles. The summed E-state index contributed by atoms with van der Waals surface area (Å²) in [5.74, 6) is 0. The van der Waals surface area contributed by atoms with Crippen molar-refractivity contribution in [3.63, 3.8) is 0 Å². The zero-order valence-electron chi connectivity index (χ0n) is 10.7. The van der Waals surface area contributed by atoms with Crippen molar-refractivity contribution in [2.24, 2.45) is 0 Å². The van der Waals surface area contributed by atoms with Gasteiger partial charge in [-0.3, -0.25) is 0 Å². The van der Waals surface area contributed by atoms with Gasteiger partial charge in [-0.15, -0.1) is 0 Å². The van der Waals surface area contributed by atoms with Gasteiger partial charge < -0.3 is 9.47 Å². The molecule has 3 nitrogen and oxygen atoms in total. The number of nitriles is 1. The highest BCUT2D eigenvalue weighted by molar-refractivity contribution is 5.33. The third kappa shape index (κ3) is 3.71. The Hall–Kier alpha value is -1.58. The molecule has 0 amide bonds. The largest absolute Gasteiger partial charge is 0.414 e. The molecule has 0 N–H and O–H groups in total. The SMILES string of the molecule is N#Cc1cccc(C2CC(C(F)(F)F)OCCCO2)c1. The smallest absolute Gasteiger partial charge is 0.373 e. The van der Waals surface area contributed by atoms with Crippen LogP contribution in [0.4, 0.5) is 13.2 Å². The Morgan fingerprint density at radius 1 is 1.20 bits per heavy atom. The molecule has 1 aliphatic rings. The van der Waals surface area contributed by atoms with Gasteiger partial charge in [-0.1, -0.05) is 12.1 Å². The second-order valence-corrected chi connectivity index (χ2v) is 4.59. The van der Waals surface area contributed by atoms with Crippen molar-refractivity contribution in [3.8, 4) is 6.07 Å². The molecular formula is C14H14F3NO2. The first-order chi connectivity index (χ1) is 9.50. The minimum Gasteiger partial charge on any atom is -0.373 e. The van der Waals surface area contributed by atoms with Gasteiger partial charge in [0, 0.05) is 19.6 Å². The minimum absolute atomic E-state index is 0.0368. The van der Waals surface area contributed by atoms with E-state index in [2.05, 4.69) is 0 Å². The van der Waals surface area contributed by atoms with Crippen LogP contribution in [0.25, 0.3) is 0 Å². The summed E-state index contributed by atoms with van der Waals surface area (Å²) in [5.41, 5.74) is 0.974. The highest BCUT2D eigenvalue weighted by Gasteiger charge is 2.42. The molecule has 20 heavy (non-hydrogen) atoms. The molecule has 0 radical (unpaired) electrons. The van der Waals surface area contributed by atoms with Crippen molar-refractivity contribution in [3.05, 3.63) is 35.4 Å². The summed E-state index contributed by atoms with van der Waals surface area (Å²) in [6, 6.07) is 8.43. The van der Waals surface area contributed by atoms with E-state index in [0.29, 0.717) is 24.2 Å². The van der Waals surface area contributed by atoms with Crippen molar-refractivity contribution in [2.45, 2.75) is 31.2 Å². The summed E-state index contributed by atoms with van der Waals surface area (Å²) in [6.45, 7) is 0.376. The minimum atomic E-state index is -4.41. The second-order valence-electron chi connectivity index (χ2n) is 4.59. The normalized spacial score (nSPS) is 24.5. The first kappa shape index (κ1) is 14.8. The number of ether oxygens (including phenoxy) is 2. The monoisotopic (exact) mass is 285 g/mol. The van der Waals surface area contributed by atoms with Crippen LogP contribution in [-0.2, 0) is 9.47 Å². The summed E-state index contributed by atoms with van der Waals surface area (Å²) in [7, 11) is 0. The zero-order valence-corrected chi connectivity index (χ0v) is 10.7. The quantitative estimate of drug-likeness (QED) is 0.794. The zero-order chi connectivity index (χ0) is 14.6. The highest BCUT2D eigenvalue weighted by Crippen LogP contribution is 2.34. The first-order valence-corrected chi connectivity index (χ1v) is 6.30. The van der Waals surface area contributed by atoms with Gasteiger partial charge >= 0.3 is 6.18 Å². The molecule has 2 atom stereocenters. The van der Waals surface area contributed by atoms with Gasteiger partial charge in [-0.05, 0) is 24.1 Å². The van der Waals surface area contributed by atoms with E-state index in [1.807, 2.05) is 6.07 Å². The van der Waals surface area contributed by atoms with E-state index in [1.165, 1.54) is 0 Å². The molecule has 0 aromatic heterocycles. The number of benzene rings is 1. The maximum Gasteiger partial charge on any atom is 0.414 e. The number of nitrogens with zero attached hydrogens (tertiary/aromatic N) is 1. The summed E-state index contributed by atoms with van der Waals surface area (Å²) >= 11 is 0. The molecule has 1 aromatic carbocycles. The van der Waals surface area contributed by atoms with Crippen molar-refractivity contribution in [1.82, 2.24) is 0 Å².